The van der Waals surface area contributed by atoms with Crippen molar-refractivity contribution < 1.29 is 9.18 Å². The van der Waals surface area contributed by atoms with Crippen molar-refractivity contribution in [1.82, 2.24) is 9.88 Å². The average molecular weight is 289 g/mol. The molecule has 21 heavy (non-hydrogen) atoms. The number of hydrogen-bond acceptors (Lipinski definition) is 2. The molecular weight excluding hydrogens is 269 g/mol. The highest BCUT2D eigenvalue weighted by Crippen LogP contribution is 2.10. The van der Waals surface area contributed by atoms with E-state index in [4.69, 9.17) is 0 Å². The van der Waals surface area contributed by atoms with Crippen LogP contribution >= 0.6 is 0 Å². The predicted molar refractivity (Wildman–Crippen MR) is 81.4 cm³/mol. The van der Waals surface area contributed by atoms with Crippen LogP contribution in [-0.2, 0) is 17.9 Å². The number of aromatic nitrogens is 1. The number of nitrogens with zero attached hydrogens (tertiary/aromatic N) is 1. The maximum absolute atomic E-state index is 13.1. The van der Waals surface area contributed by atoms with Crippen molar-refractivity contribution in [3.05, 3.63) is 54.1 Å². The summed E-state index contributed by atoms with van der Waals surface area (Å²) < 4.78 is 14.9. The molecule has 2 N–H and O–H groups in total. The highest BCUT2D eigenvalue weighted by atomic mass is 19.1. The van der Waals surface area contributed by atoms with Gasteiger partial charge in [0.15, 0.2) is 0 Å². The molecule has 2 aromatic rings. The highest BCUT2D eigenvalue weighted by molar-refractivity contribution is 5.90. The zero-order chi connectivity index (χ0) is 15.2. The van der Waals surface area contributed by atoms with Crippen LogP contribution in [0.5, 0.6) is 0 Å². The van der Waals surface area contributed by atoms with Crippen LogP contribution in [-0.4, -0.2) is 16.5 Å². The summed E-state index contributed by atoms with van der Waals surface area (Å²) in [6.45, 7) is 5.06. The van der Waals surface area contributed by atoms with Gasteiger partial charge in [-0.2, -0.15) is 0 Å². The van der Waals surface area contributed by atoms with Gasteiger partial charge >= 0.3 is 0 Å². The lowest BCUT2D eigenvalue weighted by molar-refractivity contribution is -0.116. The van der Waals surface area contributed by atoms with Gasteiger partial charge in [-0.3, -0.25) is 4.79 Å². The van der Waals surface area contributed by atoms with Crippen LogP contribution in [0.1, 0.15) is 19.5 Å². The second-order valence-electron chi connectivity index (χ2n) is 5.22. The Bertz CT molecular complexity index is 607. The predicted octanol–water partition coefficient (Wildman–Crippen LogP) is 2.76. The van der Waals surface area contributed by atoms with Crippen molar-refractivity contribution in [1.29, 1.82) is 0 Å². The van der Waals surface area contributed by atoms with Crippen LogP contribution in [0.3, 0.4) is 0 Å². The largest absolute Gasteiger partial charge is 0.341 e. The first-order chi connectivity index (χ1) is 10.0. The molecule has 1 aromatic carbocycles. The second-order valence-corrected chi connectivity index (χ2v) is 5.22. The van der Waals surface area contributed by atoms with E-state index in [0.717, 1.165) is 5.69 Å². The third-order valence-corrected chi connectivity index (χ3v) is 3.04. The van der Waals surface area contributed by atoms with Crippen LogP contribution < -0.4 is 10.6 Å². The Balaban J connectivity index is 1.95. The number of benzene rings is 1. The Morgan fingerprint density at radius 3 is 2.81 bits per heavy atom. The third-order valence-electron chi connectivity index (χ3n) is 3.04. The lowest BCUT2D eigenvalue weighted by Crippen LogP contribution is -2.25. The lowest BCUT2D eigenvalue weighted by Gasteiger charge is -2.12. The number of amides is 1. The van der Waals surface area contributed by atoms with E-state index in [0.29, 0.717) is 18.3 Å². The minimum Gasteiger partial charge on any atom is -0.341 e. The zero-order valence-electron chi connectivity index (χ0n) is 12.3. The molecule has 0 aliphatic rings. The molecule has 1 heterocycles. The van der Waals surface area contributed by atoms with Gasteiger partial charge in [-0.05, 0) is 30.3 Å². The first-order valence-electron chi connectivity index (χ1n) is 6.97. The monoisotopic (exact) mass is 289 g/mol. The summed E-state index contributed by atoms with van der Waals surface area (Å²) in [7, 11) is 0. The molecule has 0 aliphatic heterocycles. The summed E-state index contributed by atoms with van der Waals surface area (Å²) in [4.78, 5) is 12.0. The Labute approximate surface area is 124 Å². The maximum atomic E-state index is 13.1. The fourth-order valence-electron chi connectivity index (χ4n) is 1.99. The summed E-state index contributed by atoms with van der Waals surface area (Å²) in [5.41, 5.74) is 1.51. The van der Waals surface area contributed by atoms with E-state index in [1.807, 2.05) is 22.9 Å². The molecule has 2 rings (SSSR count). The van der Waals surface area contributed by atoms with E-state index in [9.17, 15) is 9.18 Å². The molecule has 0 spiro atoms. The van der Waals surface area contributed by atoms with Gasteiger partial charge in [0.05, 0.1) is 0 Å². The molecule has 0 unspecified atom stereocenters. The summed E-state index contributed by atoms with van der Waals surface area (Å²) in [6, 6.07) is 10.1. The number of nitrogens with one attached hydrogen (secondary N) is 2. The van der Waals surface area contributed by atoms with Crippen molar-refractivity contribution in [3.8, 4) is 0 Å². The minimum absolute atomic E-state index is 0.178. The van der Waals surface area contributed by atoms with Crippen molar-refractivity contribution in [2.75, 3.05) is 5.32 Å². The average Bonchev–Trinajstić information content (AvgIpc) is 2.83. The summed E-state index contributed by atoms with van der Waals surface area (Å²) >= 11 is 0. The van der Waals surface area contributed by atoms with E-state index in [1.165, 1.54) is 12.1 Å². The topological polar surface area (TPSA) is 46.1 Å². The van der Waals surface area contributed by atoms with Gasteiger partial charge in [-0.25, -0.2) is 4.39 Å². The van der Waals surface area contributed by atoms with Gasteiger partial charge in [0.1, 0.15) is 12.4 Å². The molecule has 0 fully saturated rings. The Morgan fingerprint density at radius 1 is 1.29 bits per heavy atom. The van der Waals surface area contributed by atoms with Crippen molar-refractivity contribution in [2.45, 2.75) is 33.0 Å². The molecule has 0 radical (unpaired) electrons. The molecule has 5 heteroatoms. The van der Waals surface area contributed by atoms with E-state index in [1.54, 1.807) is 12.1 Å². The second kappa shape index (κ2) is 7.04. The van der Waals surface area contributed by atoms with Gasteiger partial charge in [0, 0.05) is 30.2 Å². The van der Waals surface area contributed by atoms with E-state index in [2.05, 4.69) is 24.5 Å². The lowest BCUT2D eigenvalue weighted by atomic mass is 10.3. The van der Waals surface area contributed by atoms with Gasteiger partial charge in [-0.15, -0.1) is 0 Å². The summed E-state index contributed by atoms with van der Waals surface area (Å²) in [5.74, 6) is -0.543. The number of anilines is 1. The molecule has 0 saturated carbocycles. The van der Waals surface area contributed by atoms with E-state index >= 15 is 0 Å². The molecule has 4 nitrogen and oxygen atoms in total. The fraction of sp³-hybridized carbons (Fsp3) is 0.312. The standard InChI is InChI=1S/C16H20FN3O/c1-12(2)18-10-15-7-4-8-20(15)11-16(21)19-14-6-3-5-13(17)9-14/h3-9,12,18H,10-11H2,1-2H3,(H,19,21). The number of rotatable bonds is 6. The van der Waals surface area contributed by atoms with Crippen LogP contribution in [0.2, 0.25) is 0 Å². The van der Waals surface area contributed by atoms with Gasteiger partial charge in [0.2, 0.25) is 5.91 Å². The third kappa shape index (κ3) is 4.72. The SMILES string of the molecule is CC(C)NCc1cccn1CC(=O)Nc1cccc(F)c1. The smallest absolute Gasteiger partial charge is 0.244 e. The number of hydrogen-bond donors (Lipinski definition) is 2. The fourth-order valence-corrected chi connectivity index (χ4v) is 1.99. The molecule has 0 aliphatic carbocycles. The van der Waals surface area contributed by atoms with E-state index < -0.39 is 0 Å². The minimum atomic E-state index is -0.365. The first-order valence-corrected chi connectivity index (χ1v) is 6.97. The number of halogens is 1. The molecule has 0 atom stereocenters. The van der Waals surface area contributed by atoms with Crippen molar-refractivity contribution in [3.63, 3.8) is 0 Å². The quantitative estimate of drug-likeness (QED) is 0.859. The maximum Gasteiger partial charge on any atom is 0.244 e. The van der Waals surface area contributed by atoms with Crippen molar-refractivity contribution in [2.24, 2.45) is 0 Å². The first kappa shape index (κ1) is 15.3. The normalized spacial score (nSPS) is 10.9. The summed E-state index contributed by atoms with van der Waals surface area (Å²) in [6.07, 6.45) is 1.86. The molecule has 0 bridgehead atoms. The highest BCUT2D eigenvalue weighted by Gasteiger charge is 2.07. The molecular formula is C16H20FN3O. The Morgan fingerprint density at radius 2 is 2.10 bits per heavy atom. The van der Waals surface area contributed by atoms with Gasteiger partial charge in [-0.1, -0.05) is 19.9 Å². The molecule has 1 amide bonds. The van der Waals surface area contributed by atoms with Gasteiger partial charge in [0.25, 0.3) is 0 Å². The Hall–Kier alpha value is -2.14. The molecule has 1 aromatic heterocycles. The van der Waals surface area contributed by atoms with Gasteiger partial charge < -0.3 is 15.2 Å². The molecule has 0 saturated heterocycles. The summed E-state index contributed by atoms with van der Waals surface area (Å²) in [5, 5.41) is 6.01. The Kier molecular flexibility index (Phi) is 5.11. The van der Waals surface area contributed by atoms with Crippen LogP contribution in [0.4, 0.5) is 10.1 Å². The number of carbonyl (C=O) groups excluding carboxylic acids is 1. The van der Waals surface area contributed by atoms with Crippen LogP contribution in [0.25, 0.3) is 0 Å². The van der Waals surface area contributed by atoms with Crippen molar-refractivity contribution >= 4 is 11.6 Å². The van der Waals surface area contributed by atoms with Crippen LogP contribution in [0.15, 0.2) is 42.6 Å². The van der Waals surface area contributed by atoms with E-state index in [-0.39, 0.29) is 18.3 Å². The number of carbonyl (C=O) groups is 1. The zero-order valence-corrected chi connectivity index (χ0v) is 12.3. The van der Waals surface area contributed by atoms with Crippen LogP contribution in [0, 0.1) is 5.82 Å². The molecule has 112 valence electrons.